The van der Waals surface area contributed by atoms with Crippen LogP contribution >= 0.6 is 15.9 Å². The molecule has 1 fully saturated rings. The molecule has 1 amide bonds. The maximum absolute atomic E-state index is 12.3. The standard InChI is InChI=1S/C15H19BrN2O3/c1-10(19)17-12-5-6-18(8-12)9-14(20)11-3-4-15(21-2)13(16)7-11/h3-4,7,12H,5-6,8-9H2,1-2H3,(H,17,19). The normalized spacial score (nSPS) is 18.5. The van der Waals surface area contributed by atoms with E-state index in [-0.39, 0.29) is 17.7 Å². The van der Waals surface area contributed by atoms with Crippen molar-refractivity contribution in [2.24, 2.45) is 0 Å². The number of ether oxygens (including phenoxy) is 1. The summed E-state index contributed by atoms with van der Waals surface area (Å²) in [5.41, 5.74) is 0.658. The molecule has 2 rings (SSSR count). The molecule has 1 aromatic carbocycles. The van der Waals surface area contributed by atoms with Crippen LogP contribution in [0, 0.1) is 0 Å². The van der Waals surface area contributed by atoms with E-state index in [0.717, 1.165) is 24.0 Å². The topological polar surface area (TPSA) is 58.6 Å². The molecule has 21 heavy (non-hydrogen) atoms. The van der Waals surface area contributed by atoms with Crippen LogP contribution in [0.4, 0.5) is 0 Å². The number of hydrogen-bond acceptors (Lipinski definition) is 4. The molecule has 1 unspecified atom stereocenters. The molecule has 0 radical (unpaired) electrons. The summed E-state index contributed by atoms with van der Waals surface area (Å²) in [4.78, 5) is 25.4. The quantitative estimate of drug-likeness (QED) is 0.819. The van der Waals surface area contributed by atoms with Crippen molar-refractivity contribution >= 4 is 27.6 Å². The van der Waals surface area contributed by atoms with Gasteiger partial charge in [0.25, 0.3) is 0 Å². The van der Waals surface area contributed by atoms with Gasteiger partial charge in [0.05, 0.1) is 18.1 Å². The minimum absolute atomic E-state index is 0.0211. The molecule has 6 heteroatoms. The van der Waals surface area contributed by atoms with E-state index in [1.54, 1.807) is 25.3 Å². The molecule has 1 aromatic rings. The smallest absolute Gasteiger partial charge is 0.217 e. The number of nitrogens with zero attached hydrogens (tertiary/aromatic N) is 1. The highest BCUT2D eigenvalue weighted by Gasteiger charge is 2.24. The highest BCUT2D eigenvalue weighted by Crippen LogP contribution is 2.25. The fraction of sp³-hybridized carbons (Fsp3) is 0.467. The van der Waals surface area contributed by atoms with E-state index in [9.17, 15) is 9.59 Å². The van der Waals surface area contributed by atoms with Crippen molar-refractivity contribution in [1.29, 1.82) is 0 Å². The Morgan fingerprint density at radius 1 is 1.48 bits per heavy atom. The lowest BCUT2D eigenvalue weighted by molar-refractivity contribution is -0.119. The number of likely N-dealkylation sites (tertiary alicyclic amines) is 1. The van der Waals surface area contributed by atoms with Gasteiger partial charge in [-0.1, -0.05) is 0 Å². The first-order chi connectivity index (χ1) is 9.99. The molecular formula is C15H19BrN2O3. The van der Waals surface area contributed by atoms with Crippen LogP contribution in [-0.2, 0) is 4.79 Å². The molecule has 1 N–H and O–H groups in total. The summed E-state index contributed by atoms with van der Waals surface area (Å²) in [5, 5.41) is 2.89. The fourth-order valence-electron chi connectivity index (χ4n) is 2.52. The first kappa shape index (κ1) is 16.0. The van der Waals surface area contributed by atoms with Gasteiger partial charge in [0.15, 0.2) is 5.78 Å². The minimum Gasteiger partial charge on any atom is -0.496 e. The molecule has 0 aliphatic carbocycles. The van der Waals surface area contributed by atoms with Crippen LogP contribution in [0.15, 0.2) is 22.7 Å². The number of benzene rings is 1. The number of Topliss-reactive ketones (excluding diaryl/α,β-unsaturated/α-hetero) is 1. The number of halogens is 1. The second-order valence-corrected chi connectivity index (χ2v) is 6.05. The van der Waals surface area contributed by atoms with Crippen molar-refractivity contribution in [2.45, 2.75) is 19.4 Å². The first-order valence-electron chi connectivity index (χ1n) is 6.86. The van der Waals surface area contributed by atoms with Gasteiger partial charge in [0, 0.05) is 31.6 Å². The number of hydrogen-bond donors (Lipinski definition) is 1. The number of nitrogens with one attached hydrogen (secondary N) is 1. The van der Waals surface area contributed by atoms with E-state index in [1.807, 2.05) is 0 Å². The van der Waals surface area contributed by atoms with Gasteiger partial charge < -0.3 is 10.1 Å². The Kier molecular flexibility index (Phi) is 5.36. The molecule has 1 aliphatic heterocycles. The second kappa shape index (κ2) is 7.04. The summed E-state index contributed by atoms with van der Waals surface area (Å²) >= 11 is 3.39. The van der Waals surface area contributed by atoms with Crippen LogP contribution in [0.1, 0.15) is 23.7 Å². The summed E-state index contributed by atoms with van der Waals surface area (Å²) in [6.07, 6.45) is 0.888. The number of carbonyl (C=O) groups is 2. The zero-order chi connectivity index (χ0) is 15.4. The maximum Gasteiger partial charge on any atom is 0.217 e. The molecule has 5 nitrogen and oxygen atoms in total. The Morgan fingerprint density at radius 3 is 2.86 bits per heavy atom. The van der Waals surface area contributed by atoms with Crippen LogP contribution in [0.5, 0.6) is 5.75 Å². The number of methoxy groups -OCH3 is 1. The zero-order valence-corrected chi connectivity index (χ0v) is 13.8. The van der Waals surface area contributed by atoms with Crippen LogP contribution in [0.3, 0.4) is 0 Å². The molecule has 114 valence electrons. The SMILES string of the molecule is COc1ccc(C(=O)CN2CCC(NC(C)=O)C2)cc1Br. The van der Waals surface area contributed by atoms with Gasteiger partial charge in [-0.25, -0.2) is 0 Å². The summed E-state index contributed by atoms with van der Waals surface area (Å²) in [5.74, 6) is 0.757. The van der Waals surface area contributed by atoms with Crippen molar-refractivity contribution < 1.29 is 14.3 Å². The largest absolute Gasteiger partial charge is 0.496 e. The molecule has 0 aromatic heterocycles. The van der Waals surface area contributed by atoms with E-state index >= 15 is 0 Å². The van der Waals surface area contributed by atoms with E-state index < -0.39 is 0 Å². The summed E-state index contributed by atoms with van der Waals surface area (Å²) in [6, 6.07) is 5.48. The molecule has 1 aliphatic rings. The lowest BCUT2D eigenvalue weighted by atomic mass is 10.1. The molecule has 1 saturated heterocycles. The third-order valence-electron chi connectivity index (χ3n) is 3.52. The first-order valence-corrected chi connectivity index (χ1v) is 7.65. The van der Waals surface area contributed by atoms with Gasteiger partial charge in [0.2, 0.25) is 5.91 Å². The molecular weight excluding hydrogens is 336 g/mol. The summed E-state index contributed by atoms with van der Waals surface area (Å²) in [7, 11) is 1.59. The molecule has 1 atom stereocenters. The van der Waals surface area contributed by atoms with E-state index in [0.29, 0.717) is 17.9 Å². The Balaban J connectivity index is 1.93. The number of carbonyl (C=O) groups excluding carboxylic acids is 2. The predicted octanol–water partition coefficient (Wildman–Crippen LogP) is 1.85. The van der Waals surface area contributed by atoms with Crippen LogP contribution < -0.4 is 10.1 Å². The van der Waals surface area contributed by atoms with Crippen LogP contribution in [0.2, 0.25) is 0 Å². The maximum atomic E-state index is 12.3. The average Bonchev–Trinajstić information content (AvgIpc) is 2.84. The van der Waals surface area contributed by atoms with Crippen LogP contribution in [-0.4, -0.2) is 49.4 Å². The van der Waals surface area contributed by atoms with Gasteiger partial charge >= 0.3 is 0 Å². The van der Waals surface area contributed by atoms with Crippen molar-refractivity contribution in [3.8, 4) is 5.75 Å². The highest BCUT2D eigenvalue weighted by molar-refractivity contribution is 9.10. The summed E-state index contributed by atoms with van der Waals surface area (Å²) < 4.78 is 5.93. The molecule has 0 bridgehead atoms. The third kappa shape index (κ3) is 4.28. The Hall–Kier alpha value is -1.40. The second-order valence-electron chi connectivity index (χ2n) is 5.19. The third-order valence-corrected chi connectivity index (χ3v) is 4.14. The molecule has 0 saturated carbocycles. The lowest BCUT2D eigenvalue weighted by Gasteiger charge is -2.15. The lowest BCUT2D eigenvalue weighted by Crippen LogP contribution is -2.36. The van der Waals surface area contributed by atoms with Gasteiger partial charge in [-0.3, -0.25) is 14.5 Å². The Labute approximate surface area is 132 Å². The zero-order valence-electron chi connectivity index (χ0n) is 12.2. The van der Waals surface area contributed by atoms with Crippen molar-refractivity contribution in [3.05, 3.63) is 28.2 Å². The van der Waals surface area contributed by atoms with Crippen molar-refractivity contribution in [1.82, 2.24) is 10.2 Å². The van der Waals surface area contributed by atoms with E-state index in [4.69, 9.17) is 4.74 Å². The molecule has 0 spiro atoms. The van der Waals surface area contributed by atoms with Gasteiger partial charge in [-0.2, -0.15) is 0 Å². The van der Waals surface area contributed by atoms with Gasteiger partial charge in [-0.15, -0.1) is 0 Å². The van der Waals surface area contributed by atoms with E-state index in [1.165, 1.54) is 6.92 Å². The fourth-order valence-corrected chi connectivity index (χ4v) is 3.06. The number of rotatable bonds is 5. The van der Waals surface area contributed by atoms with Crippen LogP contribution in [0.25, 0.3) is 0 Å². The van der Waals surface area contributed by atoms with E-state index in [2.05, 4.69) is 26.1 Å². The monoisotopic (exact) mass is 354 g/mol. The van der Waals surface area contributed by atoms with Crippen molar-refractivity contribution in [3.63, 3.8) is 0 Å². The number of amides is 1. The minimum atomic E-state index is -0.0211. The Morgan fingerprint density at radius 2 is 2.24 bits per heavy atom. The average molecular weight is 355 g/mol. The number of ketones is 1. The van der Waals surface area contributed by atoms with Crippen molar-refractivity contribution in [2.75, 3.05) is 26.7 Å². The highest BCUT2D eigenvalue weighted by atomic mass is 79.9. The molecule has 1 heterocycles. The predicted molar refractivity (Wildman–Crippen MR) is 83.7 cm³/mol. The van der Waals surface area contributed by atoms with Gasteiger partial charge in [-0.05, 0) is 40.5 Å². The summed E-state index contributed by atoms with van der Waals surface area (Å²) in [6.45, 7) is 3.44. The van der Waals surface area contributed by atoms with Gasteiger partial charge in [0.1, 0.15) is 5.75 Å². The Bertz CT molecular complexity index is 548.